The maximum atomic E-state index is 12.1. The van der Waals surface area contributed by atoms with E-state index in [0.29, 0.717) is 17.8 Å². The molecule has 21 heavy (non-hydrogen) atoms. The molecule has 1 heterocycles. The number of aryl methyl sites for hydroxylation is 1. The number of amides is 1. The second-order valence-corrected chi connectivity index (χ2v) is 5.46. The molecule has 0 spiro atoms. The van der Waals surface area contributed by atoms with Crippen LogP contribution >= 0.6 is 0 Å². The first-order chi connectivity index (χ1) is 10.1. The van der Waals surface area contributed by atoms with Gasteiger partial charge in [0.1, 0.15) is 5.69 Å². The van der Waals surface area contributed by atoms with E-state index in [-0.39, 0.29) is 11.6 Å². The Hall–Kier alpha value is -1.95. The van der Waals surface area contributed by atoms with Gasteiger partial charge in [0.05, 0.1) is 11.5 Å². The van der Waals surface area contributed by atoms with E-state index in [1.165, 1.54) is 18.9 Å². The number of benzene rings is 1. The number of nitrogens with one attached hydrogen (secondary N) is 1. The first kappa shape index (κ1) is 15.4. The lowest BCUT2D eigenvalue weighted by molar-refractivity contribution is -0.384. The zero-order valence-corrected chi connectivity index (χ0v) is 12.3. The third kappa shape index (κ3) is 4.26. The summed E-state index contributed by atoms with van der Waals surface area (Å²) in [5.41, 5.74) is 0.954. The van der Waals surface area contributed by atoms with Gasteiger partial charge in [0.25, 0.3) is 5.69 Å². The van der Waals surface area contributed by atoms with E-state index in [9.17, 15) is 14.9 Å². The van der Waals surface area contributed by atoms with Crippen LogP contribution in [0.4, 0.5) is 11.4 Å². The molecule has 1 amide bonds. The summed E-state index contributed by atoms with van der Waals surface area (Å²) in [6.45, 7) is 3.90. The maximum Gasteiger partial charge on any atom is 0.293 e. The number of hydrogen-bond acceptors (Lipinski definition) is 4. The van der Waals surface area contributed by atoms with Crippen LogP contribution in [0.3, 0.4) is 0 Å². The number of nitro benzene ring substituents is 1. The fourth-order valence-electron chi connectivity index (χ4n) is 2.64. The number of nitrogens with zero attached hydrogens (tertiary/aromatic N) is 2. The molecular weight excluding hydrogens is 270 g/mol. The summed E-state index contributed by atoms with van der Waals surface area (Å²) in [5, 5.41) is 13.7. The highest BCUT2D eigenvalue weighted by Crippen LogP contribution is 2.27. The highest BCUT2D eigenvalue weighted by molar-refractivity contribution is 5.95. The monoisotopic (exact) mass is 291 g/mol. The van der Waals surface area contributed by atoms with Crippen molar-refractivity contribution < 1.29 is 9.72 Å². The molecule has 0 radical (unpaired) electrons. The Morgan fingerprint density at radius 2 is 1.95 bits per heavy atom. The van der Waals surface area contributed by atoms with E-state index >= 15 is 0 Å². The zero-order valence-electron chi connectivity index (χ0n) is 12.3. The highest BCUT2D eigenvalue weighted by atomic mass is 16.6. The summed E-state index contributed by atoms with van der Waals surface area (Å²) in [4.78, 5) is 24.8. The van der Waals surface area contributed by atoms with Crippen LogP contribution in [0.1, 0.15) is 31.2 Å². The first-order valence-electron chi connectivity index (χ1n) is 7.34. The molecule has 1 aromatic rings. The fourth-order valence-corrected chi connectivity index (χ4v) is 2.64. The SMILES string of the molecule is Cc1cccc([N+](=O)[O-])c1NC(=O)CN1CCCCCC1. The molecule has 6 heteroatoms. The Morgan fingerprint density at radius 3 is 2.57 bits per heavy atom. The van der Waals surface area contributed by atoms with Gasteiger partial charge in [-0.15, -0.1) is 0 Å². The molecular formula is C15H21N3O3. The molecule has 1 aromatic carbocycles. The number of carbonyl (C=O) groups excluding carboxylic acids is 1. The number of nitro groups is 1. The van der Waals surface area contributed by atoms with Crippen LogP contribution in [0.2, 0.25) is 0 Å². The van der Waals surface area contributed by atoms with Gasteiger partial charge in [0.2, 0.25) is 5.91 Å². The lowest BCUT2D eigenvalue weighted by atomic mass is 10.1. The molecule has 1 fully saturated rings. The largest absolute Gasteiger partial charge is 0.319 e. The molecule has 0 aromatic heterocycles. The maximum absolute atomic E-state index is 12.1. The van der Waals surface area contributed by atoms with E-state index in [1.807, 2.05) is 0 Å². The first-order valence-corrected chi connectivity index (χ1v) is 7.34. The molecule has 114 valence electrons. The number of hydrogen-bond donors (Lipinski definition) is 1. The predicted molar refractivity (Wildman–Crippen MR) is 81.4 cm³/mol. The number of rotatable bonds is 4. The molecule has 0 bridgehead atoms. The van der Waals surface area contributed by atoms with Crippen molar-refractivity contribution in [3.63, 3.8) is 0 Å². The lowest BCUT2D eigenvalue weighted by Crippen LogP contribution is -2.34. The molecule has 6 nitrogen and oxygen atoms in total. The van der Waals surface area contributed by atoms with Crippen molar-refractivity contribution in [2.75, 3.05) is 25.0 Å². The summed E-state index contributed by atoms with van der Waals surface area (Å²) in [5.74, 6) is -0.186. The van der Waals surface area contributed by atoms with Gasteiger partial charge in [0.15, 0.2) is 0 Å². The highest BCUT2D eigenvalue weighted by Gasteiger charge is 2.19. The second kappa shape index (κ2) is 7.17. The summed E-state index contributed by atoms with van der Waals surface area (Å²) in [6, 6.07) is 4.79. The molecule has 2 rings (SSSR count). The van der Waals surface area contributed by atoms with Crippen LogP contribution in [0.5, 0.6) is 0 Å². The van der Waals surface area contributed by atoms with Crippen molar-refractivity contribution in [2.24, 2.45) is 0 Å². The molecule has 1 aliphatic rings. The number of carbonyl (C=O) groups is 1. The summed E-state index contributed by atoms with van der Waals surface area (Å²) in [6.07, 6.45) is 4.64. The number of likely N-dealkylation sites (tertiary alicyclic amines) is 1. The van der Waals surface area contributed by atoms with E-state index in [4.69, 9.17) is 0 Å². The molecule has 0 aliphatic carbocycles. The topological polar surface area (TPSA) is 75.5 Å². The van der Waals surface area contributed by atoms with Gasteiger partial charge in [-0.2, -0.15) is 0 Å². The third-order valence-electron chi connectivity index (χ3n) is 3.78. The Morgan fingerprint density at radius 1 is 1.29 bits per heavy atom. The van der Waals surface area contributed by atoms with Crippen LogP contribution in [-0.2, 0) is 4.79 Å². The van der Waals surface area contributed by atoms with Gasteiger partial charge < -0.3 is 5.32 Å². The Bertz CT molecular complexity index is 523. The minimum Gasteiger partial charge on any atom is -0.319 e. The second-order valence-electron chi connectivity index (χ2n) is 5.46. The van der Waals surface area contributed by atoms with E-state index in [1.54, 1.807) is 19.1 Å². The molecule has 0 atom stereocenters. The van der Waals surface area contributed by atoms with Crippen LogP contribution in [0, 0.1) is 17.0 Å². The molecule has 1 N–H and O–H groups in total. The van der Waals surface area contributed by atoms with Gasteiger partial charge in [-0.05, 0) is 38.4 Å². The molecule has 1 aliphatic heterocycles. The van der Waals surface area contributed by atoms with Crippen molar-refractivity contribution in [1.82, 2.24) is 4.90 Å². The predicted octanol–water partition coefficient (Wildman–Crippen LogP) is 2.72. The van der Waals surface area contributed by atoms with Crippen molar-refractivity contribution in [3.8, 4) is 0 Å². The van der Waals surface area contributed by atoms with Crippen molar-refractivity contribution in [2.45, 2.75) is 32.6 Å². The van der Waals surface area contributed by atoms with Gasteiger partial charge in [0, 0.05) is 6.07 Å². The van der Waals surface area contributed by atoms with Crippen molar-refractivity contribution in [3.05, 3.63) is 33.9 Å². The third-order valence-corrected chi connectivity index (χ3v) is 3.78. The minimum absolute atomic E-state index is 0.0563. The lowest BCUT2D eigenvalue weighted by Gasteiger charge is -2.19. The van der Waals surface area contributed by atoms with Crippen molar-refractivity contribution in [1.29, 1.82) is 0 Å². The summed E-state index contributed by atoms with van der Waals surface area (Å²) < 4.78 is 0. The summed E-state index contributed by atoms with van der Waals surface area (Å²) >= 11 is 0. The smallest absolute Gasteiger partial charge is 0.293 e. The Labute approximate surface area is 124 Å². The molecule has 0 saturated carbocycles. The molecule has 1 saturated heterocycles. The van der Waals surface area contributed by atoms with Gasteiger partial charge in [-0.1, -0.05) is 25.0 Å². The van der Waals surface area contributed by atoms with Crippen molar-refractivity contribution >= 4 is 17.3 Å². The Balaban J connectivity index is 2.03. The Kier molecular flexibility index (Phi) is 5.27. The average Bonchev–Trinajstić information content (AvgIpc) is 2.69. The van der Waals surface area contributed by atoms with E-state index < -0.39 is 4.92 Å². The van der Waals surface area contributed by atoms with E-state index in [0.717, 1.165) is 25.9 Å². The number of para-hydroxylation sites is 1. The van der Waals surface area contributed by atoms with Crippen LogP contribution in [-0.4, -0.2) is 35.4 Å². The van der Waals surface area contributed by atoms with Gasteiger partial charge in [-0.3, -0.25) is 19.8 Å². The number of anilines is 1. The zero-order chi connectivity index (χ0) is 15.2. The normalized spacial score (nSPS) is 16.2. The minimum atomic E-state index is -0.464. The molecule has 0 unspecified atom stereocenters. The fraction of sp³-hybridized carbons (Fsp3) is 0.533. The van der Waals surface area contributed by atoms with E-state index in [2.05, 4.69) is 10.2 Å². The van der Waals surface area contributed by atoms with Crippen LogP contribution < -0.4 is 5.32 Å². The van der Waals surface area contributed by atoms with Crippen LogP contribution in [0.15, 0.2) is 18.2 Å². The average molecular weight is 291 g/mol. The van der Waals surface area contributed by atoms with Gasteiger partial charge >= 0.3 is 0 Å². The van der Waals surface area contributed by atoms with Gasteiger partial charge in [-0.25, -0.2) is 0 Å². The quantitative estimate of drug-likeness (QED) is 0.683. The standard InChI is InChI=1S/C15H21N3O3/c1-12-7-6-8-13(18(20)21)15(12)16-14(19)11-17-9-4-2-3-5-10-17/h6-8H,2-5,9-11H2,1H3,(H,16,19). The summed E-state index contributed by atoms with van der Waals surface area (Å²) in [7, 11) is 0. The van der Waals surface area contributed by atoms with Crippen LogP contribution in [0.25, 0.3) is 0 Å².